The Bertz CT molecular complexity index is 493. The summed E-state index contributed by atoms with van der Waals surface area (Å²) in [5.74, 6) is -0.0148. The number of carbonyl (C=O) groups excluding carboxylic acids is 1. The lowest BCUT2D eigenvalue weighted by molar-refractivity contribution is 0.0940. The van der Waals surface area contributed by atoms with E-state index in [4.69, 9.17) is 0 Å². The molecule has 2 aromatic carbocycles. The van der Waals surface area contributed by atoms with Crippen LogP contribution in [0.1, 0.15) is 22.8 Å². The molecule has 0 heterocycles. The number of benzene rings is 2. The molecule has 2 heteroatoms. The average molecular weight is 239 g/mol. The Labute approximate surface area is 108 Å². The molecule has 0 aliphatic carbocycles. The van der Waals surface area contributed by atoms with Gasteiger partial charge in [-0.25, -0.2) is 0 Å². The Kier molecular flexibility index (Phi) is 4.13. The van der Waals surface area contributed by atoms with Crippen molar-refractivity contribution in [3.63, 3.8) is 0 Å². The second-order valence-corrected chi connectivity index (χ2v) is 4.43. The highest BCUT2D eigenvalue weighted by Crippen LogP contribution is 2.04. The number of nitrogens with one attached hydrogen (secondary N) is 1. The van der Waals surface area contributed by atoms with Crippen LogP contribution >= 0.6 is 0 Å². The van der Waals surface area contributed by atoms with E-state index in [-0.39, 0.29) is 11.9 Å². The van der Waals surface area contributed by atoms with Gasteiger partial charge in [0.25, 0.3) is 5.91 Å². The van der Waals surface area contributed by atoms with E-state index in [1.54, 1.807) is 0 Å². The highest BCUT2D eigenvalue weighted by atomic mass is 16.1. The normalized spacial score (nSPS) is 11.8. The Morgan fingerprint density at radius 1 is 1.00 bits per heavy atom. The molecular weight excluding hydrogens is 222 g/mol. The highest BCUT2D eigenvalue weighted by molar-refractivity contribution is 5.94. The van der Waals surface area contributed by atoms with Crippen LogP contribution in [0.5, 0.6) is 0 Å². The van der Waals surface area contributed by atoms with Crippen LogP contribution in [0.25, 0.3) is 0 Å². The lowest BCUT2D eigenvalue weighted by atomic mass is 10.1. The lowest BCUT2D eigenvalue weighted by Gasteiger charge is -2.14. The van der Waals surface area contributed by atoms with Crippen LogP contribution in [0.2, 0.25) is 0 Å². The number of rotatable bonds is 4. The molecule has 1 atom stereocenters. The van der Waals surface area contributed by atoms with E-state index in [2.05, 4.69) is 17.4 Å². The SMILES string of the molecule is C[C@@H](Cc1ccccc1)NC(=O)c1ccccc1. The molecule has 0 aromatic heterocycles. The first-order valence-electron chi connectivity index (χ1n) is 6.15. The first-order chi connectivity index (χ1) is 8.75. The predicted octanol–water partition coefficient (Wildman–Crippen LogP) is 3.05. The molecule has 0 unspecified atom stereocenters. The quantitative estimate of drug-likeness (QED) is 0.873. The summed E-state index contributed by atoms with van der Waals surface area (Å²) in [4.78, 5) is 11.9. The number of hydrogen-bond acceptors (Lipinski definition) is 1. The van der Waals surface area contributed by atoms with Crippen molar-refractivity contribution < 1.29 is 4.79 Å². The third-order valence-electron chi connectivity index (χ3n) is 2.80. The van der Waals surface area contributed by atoms with E-state index < -0.39 is 0 Å². The van der Waals surface area contributed by atoms with Gasteiger partial charge in [0.05, 0.1) is 0 Å². The lowest BCUT2D eigenvalue weighted by Crippen LogP contribution is -2.34. The maximum Gasteiger partial charge on any atom is 0.251 e. The second-order valence-electron chi connectivity index (χ2n) is 4.43. The smallest absolute Gasteiger partial charge is 0.251 e. The van der Waals surface area contributed by atoms with Gasteiger partial charge < -0.3 is 5.32 Å². The van der Waals surface area contributed by atoms with Crippen LogP contribution in [0.4, 0.5) is 0 Å². The first kappa shape index (κ1) is 12.4. The van der Waals surface area contributed by atoms with Crippen molar-refractivity contribution >= 4 is 5.91 Å². The van der Waals surface area contributed by atoms with Crippen LogP contribution in [-0.2, 0) is 6.42 Å². The zero-order valence-electron chi connectivity index (χ0n) is 10.5. The molecule has 0 aliphatic heterocycles. The standard InChI is InChI=1S/C16H17NO/c1-13(12-14-8-4-2-5-9-14)17-16(18)15-10-6-3-7-11-15/h2-11,13H,12H2,1H3,(H,17,18)/t13-/m0/s1. The minimum absolute atomic E-state index is 0.0148. The van der Waals surface area contributed by atoms with Crippen molar-refractivity contribution in [1.82, 2.24) is 5.32 Å². The van der Waals surface area contributed by atoms with Crippen LogP contribution in [-0.4, -0.2) is 11.9 Å². The van der Waals surface area contributed by atoms with Gasteiger partial charge in [-0.1, -0.05) is 48.5 Å². The summed E-state index contributed by atoms with van der Waals surface area (Å²) in [7, 11) is 0. The largest absolute Gasteiger partial charge is 0.349 e. The van der Waals surface area contributed by atoms with Gasteiger partial charge in [0.1, 0.15) is 0 Å². The van der Waals surface area contributed by atoms with Crippen LogP contribution in [0.15, 0.2) is 60.7 Å². The Hall–Kier alpha value is -2.09. The Morgan fingerprint density at radius 2 is 1.56 bits per heavy atom. The predicted molar refractivity (Wildman–Crippen MR) is 73.5 cm³/mol. The number of carbonyl (C=O) groups is 1. The molecular formula is C16H17NO. The maximum absolute atomic E-state index is 11.9. The van der Waals surface area contributed by atoms with E-state index in [0.29, 0.717) is 5.56 Å². The van der Waals surface area contributed by atoms with E-state index in [9.17, 15) is 4.79 Å². The summed E-state index contributed by atoms with van der Waals surface area (Å²) < 4.78 is 0. The second kappa shape index (κ2) is 6.01. The van der Waals surface area contributed by atoms with E-state index in [0.717, 1.165) is 6.42 Å². The minimum atomic E-state index is -0.0148. The van der Waals surface area contributed by atoms with Crippen LogP contribution in [0, 0.1) is 0 Å². The van der Waals surface area contributed by atoms with Crippen molar-refractivity contribution in [2.75, 3.05) is 0 Å². The Balaban J connectivity index is 1.92. The number of hydrogen-bond donors (Lipinski definition) is 1. The summed E-state index contributed by atoms with van der Waals surface area (Å²) in [6.45, 7) is 2.02. The van der Waals surface area contributed by atoms with Gasteiger partial charge in [0.2, 0.25) is 0 Å². The summed E-state index contributed by atoms with van der Waals surface area (Å²) in [6, 6.07) is 19.6. The van der Waals surface area contributed by atoms with Gasteiger partial charge in [-0.05, 0) is 31.0 Å². The number of amides is 1. The first-order valence-corrected chi connectivity index (χ1v) is 6.15. The zero-order valence-corrected chi connectivity index (χ0v) is 10.5. The van der Waals surface area contributed by atoms with Gasteiger partial charge in [0, 0.05) is 11.6 Å². The monoisotopic (exact) mass is 239 g/mol. The fraction of sp³-hybridized carbons (Fsp3) is 0.188. The summed E-state index contributed by atoms with van der Waals surface area (Å²) >= 11 is 0. The summed E-state index contributed by atoms with van der Waals surface area (Å²) in [6.07, 6.45) is 0.847. The van der Waals surface area contributed by atoms with Gasteiger partial charge in [0.15, 0.2) is 0 Å². The fourth-order valence-electron chi connectivity index (χ4n) is 1.92. The molecule has 0 fully saturated rings. The molecule has 0 saturated carbocycles. The molecule has 18 heavy (non-hydrogen) atoms. The van der Waals surface area contributed by atoms with Gasteiger partial charge >= 0.3 is 0 Å². The minimum Gasteiger partial charge on any atom is -0.349 e. The summed E-state index contributed by atoms with van der Waals surface area (Å²) in [5.41, 5.74) is 1.94. The van der Waals surface area contributed by atoms with Gasteiger partial charge in [-0.2, -0.15) is 0 Å². The molecule has 2 aromatic rings. The topological polar surface area (TPSA) is 29.1 Å². The van der Waals surface area contributed by atoms with Gasteiger partial charge in [-0.3, -0.25) is 4.79 Å². The molecule has 0 saturated heterocycles. The van der Waals surface area contributed by atoms with Crippen LogP contribution in [0.3, 0.4) is 0 Å². The van der Waals surface area contributed by atoms with Crippen LogP contribution < -0.4 is 5.32 Å². The van der Waals surface area contributed by atoms with Crippen molar-refractivity contribution in [2.24, 2.45) is 0 Å². The zero-order chi connectivity index (χ0) is 12.8. The molecule has 2 nitrogen and oxygen atoms in total. The van der Waals surface area contributed by atoms with Crippen molar-refractivity contribution in [2.45, 2.75) is 19.4 Å². The van der Waals surface area contributed by atoms with Gasteiger partial charge in [-0.15, -0.1) is 0 Å². The molecule has 2 rings (SSSR count). The molecule has 1 N–H and O–H groups in total. The molecule has 0 aliphatic rings. The van der Waals surface area contributed by atoms with E-state index in [1.165, 1.54) is 5.56 Å². The molecule has 0 spiro atoms. The molecule has 0 bridgehead atoms. The maximum atomic E-state index is 11.9. The highest BCUT2D eigenvalue weighted by Gasteiger charge is 2.09. The van der Waals surface area contributed by atoms with E-state index >= 15 is 0 Å². The fourth-order valence-corrected chi connectivity index (χ4v) is 1.92. The third kappa shape index (κ3) is 3.45. The summed E-state index contributed by atoms with van der Waals surface area (Å²) in [5, 5.41) is 3.01. The van der Waals surface area contributed by atoms with E-state index in [1.807, 2.05) is 55.5 Å². The van der Waals surface area contributed by atoms with Crippen molar-refractivity contribution in [3.8, 4) is 0 Å². The Morgan fingerprint density at radius 3 is 2.17 bits per heavy atom. The molecule has 92 valence electrons. The molecule has 0 radical (unpaired) electrons. The third-order valence-corrected chi connectivity index (χ3v) is 2.80. The van der Waals surface area contributed by atoms with Crippen molar-refractivity contribution in [1.29, 1.82) is 0 Å². The molecule has 1 amide bonds. The average Bonchev–Trinajstić information content (AvgIpc) is 2.40. The van der Waals surface area contributed by atoms with Crippen molar-refractivity contribution in [3.05, 3.63) is 71.8 Å².